The number of anilines is 1. The number of likely N-dealkylation sites (tertiary alicyclic amines) is 1. The summed E-state index contributed by atoms with van der Waals surface area (Å²) in [5, 5.41) is 2.59. The Hall–Kier alpha value is -2.76. The van der Waals surface area contributed by atoms with Crippen molar-refractivity contribution in [2.45, 2.75) is 12.8 Å². The minimum absolute atomic E-state index is 0.0196. The summed E-state index contributed by atoms with van der Waals surface area (Å²) in [6.45, 7) is 1.54. The van der Waals surface area contributed by atoms with E-state index < -0.39 is 17.5 Å². The molecule has 0 radical (unpaired) electrons. The Balaban J connectivity index is 1.68. The van der Waals surface area contributed by atoms with Crippen molar-refractivity contribution < 1.29 is 18.4 Å². The molecule has 2 aromatic rings. The summed E-state index contributed by atoms with van der Waals surface area (Å²) in [6.07, 6.45) is 2.04. The third-order valence-corrected chi connectivity index (χ3v) is 3.96. The molecule has 1 fully saturated rings. The number of rotatable bonds is 3. The van der Waals surface area contributed by atoms with Crippen LogP contribution in [-0.4, -0.2) is 29.8 Å². The highest BCUT2D eigenvalue weighted by molar-refractivity contribution is 6.04. The number of hydrogen-bond donors (Lipinski definition) is 1. The van der Waals surface area contributed by atoms with E-state index in [4.69, 9.17) is 0 Å². The molecule has 1 saturated heterocycles. The highest BCUT2D eigenvalue weighted by Crippen LogP contribution is 2.16. The van der Waals surface area contributed by atoms with Gasteiger partial charge in [-0.3, -0.25) is 9.59 Å². The van der Waals surface area contributed by atoms with Crippen LogP contribution in [0.2, 0.25) is 0 Å². The number of amides is 2. The van der Waals surface area contributed by atoms with E-state index in [1.165, 1.54) is 6.07 Å². The van der Waals surface area contributed by atoms with Crippen LogP contribution in [0.3, 0.4) is 0 Å². The summed E-state index contributed by atoms with van der Waals surface area (Å²) in [4.78, 5) is 26.1. The molecule has 1 aliphatic heterocycles. The second-order valence-electron chi connectivity index (χ2n) is 5.66. The maximum atomic E-state index is 13.2. The predicted octanol–water partition coefficient (Wildman–Crippen LogP) is 3.45. The molecule has 3 rings (SSSR count). The molecule has 0 saturated carbocycles. The zero-order valence-electron chi connectivity index (χ0n) is 12.9. The van der Waals surface area contributed by atoms with Gasteiger partial charge in [-0.15, -0.1) is 0 Å². The summed E-state index contributed by atoms with van der Waals surface area (Å²) in [7, 11) is 0. The van der Waals surface area contributed by atoms with Gasteiger partial charge in [0, 0.05) is 29.9 Å². The van der Waals surface area contributed by atoms with E-state index in [9.17, 15) is 18.4 Å². The van der Waals surface area contributed by atoms with Crippen LogP contribution >= 0.6 is 0 Å². The van der Waals surface area contributed by atoms with Crippen LogP contribution < -0.4 is 5.32 Å². The summed E-state index contributed by atoms with van der Waals surface area (Å²) in [5.41, 5.74) is 1.05. The second kappa shape index (κ2) is 6.78. The lowest BCUT2D eigenvalue weighted by molar-refractivity contribution is 0.0792. The number of halogens is 2. The average Bonchev–Trinajstić information content (AvgIpc) is 3.12. The van der Waals surface area contributed by atoms with Gasteiger partial charge >= 0.3 is 0 Å². The molecule has 6 heteroatoms. The molecule has 4 nitrogen and oxygen atoms in total. The van der Waals surface area contributed by atoms with Crippen LogP contribution in [0.15, 0.2) is 42.5 Å². The molecule has 0 atom stereocenters. The summed E-state index contributed by atoms with van der Waals surface area (Å²) in [5.74, 6) is -2.65. The number of benzene rings is 2. The molecular weight excluding hydrogens is 314 g/mol. The molecule has 0 bridgehead atoms. The van der Waals surface area contributed by atoms with Gasteiger partial charge in [-0.1, -0.05) is 0 Å². The van der Waals surface area contributed by atoms with Crippen molar-refractivity contribution >= 4 is 17.5 Å². The molecule has 0 aromatic heterocycles. The fraction of sp³-hybridized carbons (Fsp3) is 0.222. The molecule has 2 aromatic carbocycles. The van der Waals surface area contributed by atoms with E-state index in [1.807, 2.05) is 0 Å². The van der Waals surface area contributed by atoms with Crippen LogP contribution in [0, 0.1) is 11.6 Å². The number of hydrogen-bond acceptors (Lipinski definition) is 2. The van der Waals surface area contributed by atoms with Crippen molar-refractivity contribution in [1.82, 2.24) is 4.90 Å². The molecule has 24 heavy (non-hydrogen) atoms. The Labute approximate surface area is 138 Å². The van der Waals surface area contributed by atoms with E-state index in [2.05, 4.69) is 5.32 Å². The van der Waals surface area contributed by atoms with Crippen molar-refractivity contribution in [2.24, 2.45) is 0 Å². The number of carbonyl (C=O) groups is 2. The minimum Gasteiger partial charge on any atom is -0.339 e. The summed E-state index contributed by atoms with van der Waals surface area (Å²) >= 11 is 0. The zero-order valence-corrected chi connectivity index (χ0v) is 12.9. The average molecular weight is 330 g/mol. The number of carbonyl (C=O) groups excluding carboxylic acids is 2. The lowest BCUT2D eigenvalue weighted by Crippen LogP contribution is -2.27. The van der Waals surface area contributed by atoms with E-state index in [0.29, 0.717) is 11.3 Å². The van der Waals surface area contributed by atoms with Gasteiger partial charge in [0.2, 0.25) is 0 Å². The van der Waals surface area contributed by atoms with Crippen molar-refractivity contribution in [3.05, 3.63) is 65.2 Å². The van der Waals surface area contributed by atoms with Gasteiger partial charge in [-0.05, 0) is 55.3 Å². The molecule has 1 aliphatic rings. The standard InChI is InChI=1S/C18H16F2N2O2/c19-15-8-5-13(11-16(15)20)17(23)21-14-6-3-12(4-7-14)18(24)22-9-1-2-10-22/h3-8,11H,1-2,9-10H2,(H,21,23). The van der Waals surface area contributed by atoms with Crippen molar-refractivity contribution in [3.8, 4) is 0 Å². The molecule has 124 valence electrons. The van der Waals surface area contributed by atoms with Gasteiger partial charge in [-0.25, -0.2) is 8.78 Å². The second-order valence-corrected chi connectivity index (χ2v) is 5.66. The lowest BCUT2D eigenvalue weighted by Gasteiger charge is -2.15. The van der Waals surface area contributed by atoms with E-state index in [0.717, 1.165) is 38.1 Å². The third kappa shape index (κ3) is 3.42. The molecular formula is C18H16F2N2O2. The lowest BCUT2D eigenvalue weighted by atomic mass is 10.1. The SMILES string of the molecule is O=C(Nc1ccc(C(=O)N2CCCC2)cc1)c1ccc(F)c(F)c1. The largest absolute Gasteiger partial charge is 0.339 e. The minimum atomic E-state index is -1.07. The first-order valence-electron chi connectivity index (χ1n) is 7.70. The van der Waals surface area contributed by atoms with Crippen LogP contribution in [0.1, 0.15) is 33.6 Å². The number of nitrogens with zero attached hydrogens (tertiary/aromatic N) is 1. The summed E-state index contributed by atoms with van der Waals surface area (Å²) < 4.78 is 26.1. The number of nitrogens with one attached hydrogen (secondary N) is 1. The first kappa shape index (κ1) is 16.1. The quantitative estimate of drug-likeness (QED) is 0.937. The molecule has 1 N–H and O–H groups in total. The highest BCUT2D eigenvalue weighted by Gasteiger charge is 2.19. The molecule has 2 amide bonds. The van der Waals surface area contributed by atoms with Gasteiger partial charge in [0.1, 0.15) is 0 Å². The van der Waals surface area contributed by atoms with E-state index in [1.54, 1.807) is 29.2 Å². The van der Waals surface area contributed by atoms with Gasteiger partial charge < -0.3 is 10.2 Å². The Morgan fingerprint density at radius 2 is 1.50 bits per heavy atom. The molecule has 0 spiro atoms. The van der Waals surface area contributed by atoms with Crippen molar-refractivity contribution in [2.75, 3.05) is 18.4 Å². The highest BCUT2D eigenvalue weighted by atomic mass is 19.2. The van der Waals surface area contributed by atoms with Crippen LogP contribution in [0.4, 0.5) is 14.5 Å². The predicted molar refractivity (Wildman–Crippen MR) is 85.9 cm³/mol. The Bertz CT molecular complexity index is 769. The van der Waals surface area contributed by atoms with E-state index in [-0.39, 0.29) is 11.5 Å². The summed E-state index contributed by atoms with van der Waals surface area (Å²) in [6, 6.07) is 9.46. The molecule has 0 aliphatic carbocycles. The molecule has 0 unspecified atom stereocenters. The monoisotopic (exact) mass is 330 g/mol. The van der Waals surface area contributed by atoms with E-state index >= 15 is 0 Å². The van der Waals surface area contributed by atoms with Crippen LogP contribution in [0.25, 0.3) is 0 Å². The normalized spacial score (nSPS) is 13.8. The smallest absolute Gasteiger partial charge is 0.255 e. The van der Waals surface area contributed by atoms with Gasteiger partial charge in [-0.2, -0.15) is 0 Å². The molecule has 1 heterocycles. The maximum absolute atomic E-state index is 13.2. The van der Waals surface area contributed by atoms with Crippen LogP contribution in [-0.2, 0) is 0 Å². The Morgan fingerprint density at radius 1 is 0.875 bits per heavy atom. The maximum Gasteiger partial charge on any atom is 0.255 e. The Kier molecular flexibility index (Phi) is 4.55. The first-order valence-corrected chi connectivity index (χ1v) is 7.70. The van der Waals surface area contributed by atoms with Crippen molar-refractivity contribution in [3.63, 3.8) is 0 Å². The van der Waals surface area contributed by atoms with Crippen LogP contribution in [0.5, 0.6) is 0 Å². The zero-order chi connectivity index (χ0) is 17.1. The first-order chi connectivity index (χ1) is 11.5. The fourth-order valence-electron chi connectivity index (χ4n) is 2.64. The topological polar surface area (TPSA) is 49.4 Å². The third-order valence-electron chi connectivity index (χ3n) is 3.96. The van der Waals surface area contributed by atoms with Gasteiger partial charge in [0.25, 0.3) is 11.8 Å². The van der Waals surface area contributed by atoms with Gasteiger partial charge in [0.15, 0.2) is 11.6 Å². The van der Waals surface area contributed by atoms with Gasteiger partial charge in [0.05, 0.1) is 0 Å². The Morgan fingerprint density at radius 3 is 2.12 bits per heavy atom. The fourth-order valence-corrected chi connectivity index (χ4v) is 2.64. The van der Waals surface area contributed by atoms with Crippen molar-refractivity contribution in [1.29, 1.82) is 0 Å².